The van der Waals surface area contributed by atoms with E-state index in [1.165, 1.54) is 18.3 Å². The summed E-state index contributed by atoms with van der Waals surface area (Å²) in [5, 5.41) is 15.5. The summed E-state index contributed by atoms with van der Waals surface area (Å²) < 4.78 is 27.4. The average Bonchev–Trinajstić information content (AvgIpc) is 3.20. The molecule has 2 N–H and O–H groups in total. The van der Waals surface area contributed by atoms with Crippen molar-refractivity contribution in [2.24, 2.45) is 5.92 Å². The topological polar surface area (TPSA) is 119 Å². The number of sulfonamides is 1. The molecule has 1 amide bonds. The number of likely N-dealkylation sites (tertiary alicyclic amines) is 1. The molecule has 1 atom stereocenters. The van der Waals surface area contributed by atoms with Crippen LogP contribution in [-0.2, 0) is 16.6 Å². The number of nitrogens with zero attached hydrogens (tertiary/aromatic N) is 3. The van der Waals surface area contributed by atoms with Crippen molar-refractivity contribution >= 4 is 15.9 Å². The highest BCUT2D eigenvalue weighted by atomic mass is 32.2. The van der Waals surface area contributed by atoms with Crippen molar-refractivity contribution in [1.82, 2.24) is 19.8 Å². The molecule has 9 heteroatoms. The van der Waals surface area contributed by atoms with Crippen molar-refractivity contribution in [3.63, 3.8) is 0 Å². The van der Waals surface area contributed by atoms with Gasteiger partial charge in [-0.3, -0.25) is 9.89 Å². The van der Waals surface area contributed by atoms with E-state index < -0.39 is 10.0 Å². The lowest BCUT2D eigenvalue weighted by atomic mass is 9.99. The van der Waals surface area contributed by atoms with Gasteiger partial charge >= 0.3 is 0 Å². The molecule has 1 aromatic heterocycles. The second-order valence-electron chi connectivity index (χ2n) is 6.15. The Morgan fingerprint density at radius 3 is 3.00 bits per heavy atom. The van der Waals surface area contributed by atoms with Crippen molar-refractivity contribution in [3.8, 4) is 6.07 Å². The van der Waals surface area contributed by atoms with Gasteiger partial charge in [0, 0.05) is 24.8 Å². The number of aromatic amines is 1. The zero-order chi connectivity index (χ0) is 18.6. The van der Waals surface area contributed by atoms with E-state index in [0.29, 0.717) is 24.3 Å². The van der Waals surface area contributed by atoms with Crippen molar-refractivity contribution in [2.75, 3.05) is 13.1 Å². The fraction of sp³-hybridized carbons (Fsp3) is 0.353. The van der Waals surface area contributed by atoms with Gasteiger partial charge in [0.15, 0.2) is 0 Å². The molecule has 2 heterocycles. The monoisotopic (exact) mass is 373 g/mol. The molecule has 0 saturated carbocycles. The smallest absolute Gasteiger partial charge is 0.253 e. The Morgan fingerprint density at radius 2 is 2.27 bits per heavy atom. The average molecular weight is 373 g/mol. The molecule has 1 aliphatic rings. The van der Waals surface area contributed by atoms with Crippen LogP contribution in [0.15, 0.2) is 41.4 Å². The number of carbonyl (C=O) groups excluding carboxylic acids is 1. The van der Waals surface area contributed by atoms with E-state index in [9.17, 15) is 13.2 Å². The first-order valence-electron chi connectivity index (χ1n) is 8.26. The van der Waals surface area contributed by atoms with Crippen LogP contribution in [0.5, 0.6) is 0 Å². The molecule has 136 valence electrons. The van der Waals surface area contributed by atoms with Gasteiger partial charge in [0.25, 0.3) is 5.91 Å². The number of hydrogen-bond acceptors (Lipinski definition) is 5. The second-order valence-corrected chi connectivity index (χ2v) is 7.92. The number of amides is 1. The summed E-state index contributed by atoms with van der Waals surface area (Å²) in [6.07, 6.45) is 3.09. The Hall–Kier alpha value is -2.70. The van der Waals surface area contributed by atoms with Gasteiger partial charge in [-0.25, -0.2) is 13.1 Å². The number of nitriles is 1. The number of benzene rings is 1. The first-order valence-corrected chi connectivity index (χ1v) is 9.75. The van der Waals surface area contributed by atoms with Crippen LogP contribution >= 0.6 is 0 Å². The molecule has 0 aliphatic carbocycles. The number of H-pyrrole nitrogens is 1. The van der Waals surface area contributed by atoms with Crippen LogP contribution in [0, 0.1) is 17.2 Å². The van der Waals surface area contributed by atoms with Crippen LogP contribution in [0.2, 0.25) is 0 Å². The third-order valence-electron chi connectivity index (χ3n) is 4.29. The highest BCUT2D eigenvalue weighted by Crippen LogP contribution is 2.19. The molecule has 26 heavy (non-hydrogen) atoms. The number of aromatic nitrogens is 2. The van der Waals surface area contributed by atoms with Gasteiger partial charge in [-0.2, -0.15) is 10.4 Å². The van der Waals surface area contributed by atoms with Gasteiger partial charge < -0.3 is 4.90 Å². The number of hydrogen-bond donors (Lipinski definition) is 2. The Kier molecular flexibility index (Phi) is 5.35. The van der Waals surface area contributed by atoms with Crippen LogP contribution in [0.25, 0.3) is 0 Å². The first-order chi connectivity index (χ1) is 12.5. The van der Waals surface area contributed by atoms with Crippen LogP contribution in [0.3, 0.4) is 0 Å². The largest absolute Gasteiger partial charge is 0.337 e. The molecule has 0 unspecified atom stereocenters. The maximum absolute atomic E-state index is 12.7. The van der Waals surface area contributed by atoms with Crippen LogP contribution in [-0.4, -0.2) is 42.5 Å². The zero-order valence-electron chi connectivity index (χ0n) is 14.1. The molecular formula is C17H19N5O3S. The normalized spacial score (nSPS) is 17.7. The molecule has 1 aromatic carbocycles. The Labute approximate surface area is 151 Å². The maximum atomic E-state index is 12.7. The summed E-state index contributed by atoms with van der Waals surface area (Å²) in [6, 6.07) is 9.82. The maximum Gasteiger partial charge on any atom is 0.253 e. The molecule has 1 saturated heterocycles. The molecule has 0 radical (unpaired) electrons. The van der Waals surface area contributed by atoms with E-state index in [1.807, 2.05) is 0 Å². The summed E-state index contributed by atoms with van der Waals surface area (Å²) in [4.78, 5) is 14.3. The minimum absolute atomic E-state index is 0.0247. The lowest BCUT2D eigenvalue weighted by molar-refractivity contribution is 0.0698. The molecule has 0 bridgehead atoms. The molecular weight excluding hydrogens is 354 g/mol. The van der Waals surface area contributed by atoms with Crippen LogP contribution in [0.4, 0.5) is 0 Å². The molecule has 0 spiro atoms. The van der Waals surface area contributed by atoms with Crippen molar-refractivity contribution in [3.05, 3.63) is 47.8 Å². The summed E-state index contributed by atoms with van der Waals surface area (Å²) in [7, 11) is -3.76. The third kappa shape index (κ3) is 4.09. The molecule has 1 aliphatic heterocycles. The van der Waals surface area contributed by atoms with E-state index in [2.05, 4.69) is 21.0 Å². The van der Waals surface area contributed by atoms with E-state index in [0.717, 1.165) is 12.8 Å². The number of rotatable bonds is 5. The quantitative estimate of drug-likeness (QED) is 0.818. The van der Waals surface area contributed by atoms with Gasteiger partial charge in [-0.05, 0) is 37.1 Å². The Bertz CT molecular complexity index is 918. The second kappa shape index (κ2) is 7.68. The summed E-state index contributed by atoms with van der Waals surface area (Å²) in [5.74, 6) is -0.425. The highest BCUT2D eigenvalue weighted by molar-refractivity contribution is 7.89. The lowest BCUT2D eigenvalue weighted by Crippen LogP contribution is -2.39. The van der Waals surface area contributed by atoms with Crippen LogP contribution in [0.1, 0.15) is 28.9 Å². The van der Waals surface area contributed by atoms with Gasteiger partial charge in [0.05, 0.1) is 29.1 Å². The van der Waals surface area contributed by atoms with Crippen molar-refractivity contribution in [2.45, 2.75) is 24.3 Å². The van der Waals surface area contributed by atoms with Gasteiger partial charge in [-0.1, -0.05) is 6.07 Å². The van der Waals surface area contributed by atoms with Gasteiger partial charge in [-0.15, -0.1) is 0 Å². The lowest BCUT2D eigenvalue weighted by Gasteiger charge is -2.29. The standard InChI is InChI=1S/C17H19N5O3S/c18-10-13-3-2-8-22(12-13)17(23)14-4-1-5-16(9-14)26(24,25)20-11-15-6-7-19-21-15/h1,4-7,9,13,20H,2-3,8,11-12H2,(H,19,21)/t13-/m1/s1. The summed E-state index contributed by atoms with van der Waals surface area (Å²) >= 11 is 0. The van der Waals surface area contributed by atoms with E-state index >= 15 is 0 Å². The van der Waals surface area contributed by atoms with Crippen LogP contribution < -0.4 is 4.72 Å². The fourth-order valence-corrected chi connectivity index (χ4v) is 3.94. The summed E-state index contributed by atoms with van der Waals surface area (Å²) in [6.45, 7) is 1.03. The Balaban J connectivity index is 1.75. The van der Waals surface area contributed by atoms with Gasteiger partial charge in [0.1, 0.15) is 0 Å². The highest BCUT2D eigenvalue weighted by Gasteiger charge is 2.25. The van der Waals surface area contributed by atoms with Gasteiger partial charge in [0.2, 0.25) is 10.0 Å². The molecule has 1 fully saturated rings. The number of carbonyl (C=O) groups is 1. The van der Waals surface area contributed by atoms with E-state index in [1.54, 1.807) is 23.1 Å². The predicted octanol–water partition coefficient (Wildman–Crippen LogP) is 1.26. The van der Waals surface area contributed by atoms with Crippen molar-refractivity contribution < 1.29 is 13.2 Å². The molecule has 2 aromatic rings. The molecule has 3 rings (SSSR count). The number of piperidine rings is 1. The third-order valence-corrected chi connectivity index (χ3v) is 5.69. The SMILES string of the molecule is N#C[C@H]1CCCN(C(=O)c2cccc(S(=O)(=O)NCc3ccn[nH]3)c2)C1. The zero-order valence-corrected chi connectivity index (χ0v) is 14.9. The first kappa shape index (κ1) is 18.1. The minimum Gasteiger partial charge on any atom is -0.337 e. The summed E-state index contributed by atoms with van der Waals surface area (Å²) in [5.41, 5.74) is 0.935. The number of nitrogens with one attached hydrogen (secondary N) is 2. The van der Waals surface area contributed by atoms with Crippen molar-refractivity contribution in [1.29, 1.82) is 5.26 Å². The predicted molar refractivity (Wildman–Crippen MR) is 93.3 cm³/mol. The van der Waals surface area contributed by atoms with E-state index in [-0.39, 0.29) is 23.3 Å². The van der Waals surface area contributed by atoms with E-state index in [4.69, 9.17) is 5.26 Å². The fourth-order valence-electron chi connectivity index (χ4n) is 2.89. The minimum atomic E-state index is -3.76. The molecule has 8 nitrogen and oxygen atoms in total. The Morgan fingerprint density at radius 1 is 1.42 bits per heavy atom.